The van der Waals surface area contributed by atoms with Crippen LogP contribution < -0.4 is 16.0 Å². The smallest absolute Gasteiger partial charge is 0.222 e. The van der Waals surface area contributed by atoms with Gasteiger partial charge in [0, 0.05) is 19.5 Å². The molecule has 2 rings (SSSR count). The molecule has 1 saturated heterocycles. The maximum atomic E-state index is 12.2. The Morgan fingerprint density at radius 1 is 1.33 bits per heavy atom. The summed E-state index contributed by atoms with van der Waals surface area (Å²) in [4.78, 5) is 23.5. The Hall–Kier alpha value is -1.88. The molecule has 1 aromatic carbocycles. The van der Waals surface area contributed by atoms with Gasteiger partial charge in [0.2, 0.25) is 11.8 Å². The van der Waals surface area contributed by atoms with Crippen molar-refractivity contribution in [3.8, 4) is 0 Å². The van der Waals surface area contributed by atoms with E-state index in [1.54, 1.807) is 0 Å². The van der Waals surface area contributed by atoms with Crippen molar-refractivity contribution in [3.05, 3.63) is 35.9 Å². The number of carbonyl (C=O) groups excluding carboxylic acids is 2. The Morgan fingerprint density at radius 2 is 2.10 bits per heavy atom. The summed E-state index contributed by atoms with van der Waals surface area (Å²) in [6.07, 6.45) is 2.35. The molecule has 1 aliphatic heterocycles. The van der Waals surface area contributed by atoms with Crippen LogP contribution in [0, 0.1) is 0 Å². The number of amides is 2. The number of hydrogen-bond acceptors (Lipinski definition) is 3. The van der Waals surface area contributed by atoms with Crippen LogP contribution in [-0.4, -0.2) is 30.9 Å². The second kappa shape index (κ2) is 7.78. The van der Waals surface area contributed by atoms with E-state index in [0.717, 1.165) is 31.5 Å². The zero-order valence-electron chi connectivity index (χ0n) is 12.4. The third-order valence-corrected chi connectivity index (χ3v) is 3.63. The number of hydrogen-bond donors (Lipinski definition) is 3. The molecular weight excluding hydrogens is 266 g/mol. The van der Waals surface area contributed by atoms with Crippen molar-refractivity contribution >= 4 is 11.8 Å². The third-order valence-electron chi connectivity index (χ3n) is 3.63. The maximum absolute atomic E-state index is 12.2. The second-order valence-corrected chi connectivity index (χ2v) is 5.48. The van der Waals surface area contributed by atoms with Crippen LogP contribution in [0.2, 0.25) is 0 Å². The molecule has 5 nitrogen and oxygen atoms in total. The van der Waals surface area contributed by atoms with E-state index in [2.05, 4.69) is 16.0 Å². The maximum Gasteiger partial charge on any atom is 0.222 e. The van der Waals surface area contributed by atoms with Gasteiger partial charge in [-0.3, -0.25) is 9.59 Å². The van der Waals surface area contributed by atoms with Gasteiger partial charge in [-0.25, -0.2) is 0 Å². The highest BCUT2D eigenvalue weighted by molar-refractivity contribution is 5.79. The molecule has 1 aromatic rings. The van der Waals surface area contributed by atoms with Crippen LogP contribution in [0.15, 0.2) is 30.3 Å². The summed E-state index contributed by atoms with van der Waals surface area (Å²) in [5, 5.41) is 9.16. The highest BCUT2D eigenvalue weighted by Crippen LogP contribution is 2.16. The van der Waals surface area contributed by atoms with Crippen molar-refractivity contribution in [2.24, 2.45) is 0 Å². The monoisotopic (exact) mass is 289 g/mol. The zero-order valence-corrected chi connectivity index (χ0v) is 12.4. The minimum atomic E-state index is -0.278. The number of carbonyl (C=O) groups is 2. The minimum Gasteiger partial charge on any atom is -0.352 e. The summed E-state index contributed by atoms with van der Waals surface area (Å²) < 4.78 is 0. The van der Waals surface area contributed by atoms with Gasteiger partial charge in [0.05, 0.1) is 12.5 Å². The van der Waals surface area contributed by atoms with E-state index in [4.69, 9.17) is 0 Å². The van der Waals surface area contributed by atoms with Gasteiger partial charge in [0.1, 0.15) is 0 Å². The Bertz CT molecular complexity index is 470. The summed E-state index contributed by atoms with van der Waals surface area (Å²) in [6.45, 7) is 3.31. The van der Waals surface area contributed by atoms with Crippen LogP contribution in [0.3, 0.4) is 0 Å². The van der Waals surface area contributed by atoms with Gasteiger partial charge in [-0.15, -0.1) is 0 Å². The van der Waals surface area contributed by atoms with E-state index < -0.39 is 0 Å². The Kier molecular flexibility index (Phi) is 5.75. The fraction of sp³-hybridized carbons (Fsp3) is 0.500. The molecular formula is C16H23N3O2. The van der Waals surface area contributed by atoms with Crippen molar-refractivity contribution < 1.29 is 9.59 Å². The molecule has 0 radical (unpaired) electrons. The van der Waals surface area contributed by atoms with E-state index >= 15 is 0 Å². The first-order chi connectivity index (χ1) is 10.1. The van der Waals surface area contributed by atoms with Crippen molar-refractivity contribution in [1.29, 1.82) is 0 Å². The highest BCUT2D eigenvalue weighted by atomic mass is 16.2. The molecule has 5 heteroatoms. The van der Waals surface area contributed by atoms with Crippen LogP contribution in [0.25, 0.3) is 0 Å². The summed E-state index contributed by atoms with van der Waals surface area (Å²) in [5.74, 6) is -0.151. The molecule has 1 fully saturated rings. The molecule has 0 bridgehead atoms. The lowest BCUT2D eigenvalue weighted by molar-refractivity contribution is -0.123. The van der Waals surface area contributed by atoms with Gasteiger partial charge >= 0.3 is 0 Å². The largest absolute Gasteiger partial charge is 0.352 e. The van der Waals surface area contributed by atoms with Gasteiger partial charge in [0.15, 0.2) is 0 Å². The van der Waals surface area contributed by atoms with Crippen LogP contribution in [0.5, 0.6) is 0 Å². The molecule has 0 spiro atoms. The Morgan fingerprint density at radius 3 is 2.71 bits per heavy atom. The Balaban J connectivity index is 1.94. The Labute approximate surface area is 125 Å². The number of benzene rings is 1. The molecule has 2 amide bonds. The lowest BCUT2D eigenvalue weighted by Crippen LogP contribution is -2.46. The normalized spacial score (nSPS) is 19.6. The SMILES string of the molecule is CC(=O)NC(CC(=O)N[C@H]1CCCNC1)c1ccccc1. The quantitative estimate of drug-likeness (QED) is 0.761. The zero-order chi connectivity index (χ0) is 15.1. The standard InChI is InChI=1S/C16H23N3O2/c1-12(20)18-15(13-6-3-2-4-7-13)10-16(21)19-14-8-5-9-17-11-14/h2-4,6-7,14-15,17H,5,8-11H2,1H3,(H,18,20)(H,19,21)/t14-,15?/m0/s1. The van der Waals surface area contributed by atoms with Gasteiger partial charge in [0.25, 0.3) is 0 Å². The molecule has 114 valence electrons. The first-order valence-electron chi connectivity index (χ1n) is 7.47. The molecule has 1 unspecified atom stereocenters. The first kappa shape index (κ1) is 15.5. The van der Waals surface area contributed by atoms with Gasteiger partial charge in [-0.2, -0.15) is 0 Å². The van der Waals surface area contributed by atoms with E-state index in [1.807, 2.05) is 30.3 Å². The molecule has 21 heavy (non-hydrogen) atoms. The lowest BCUT2D eigenvalue weighted by Gasteiger charge is -2.25. The van der Waals surface area contributed by atoms with E-state index in [0.29, 0.717) is 0 Å². The van der Waals surface area contributed by atoms with Crippen LogP contribution in [0.4, 0.5) is 0 Å². The van der Waals surface area contributed by atoms with E-state index in [1.165, 1.54) is 6.92 Å². The fourth-order valence-corrected chi connectivity index (χ4v) is 2.63. The van der Waals surface area contributed by atoms with E-state index in [9.17, 15) is 9.59 Å². The van der Waals surface area contributed by atoms with Gasteiger partial charge < -0.3 is 16.0 Å². The second-order valence-electron chi connectivity index (χ2n) is 5.48. The van der Waals surface area contributed by atoms with Crippen molar-refractivity contribution in [3.63, 3.8) is 0 Å². The van der Waals surface area contributed by atoms with Crippen LogP contribution in [0.1, 0.15) is 37.8 Å². The molecule has 1 heterocycles. The van der Waals surface area contributed by atoms with Gasteiger partial charge in [-0.05, 0) is 24.9 Å². The average Bonchev–Trinajstić information content (AvgIpc) is 2.48. The summed E-state index contributed by atoms with van der Waals surface area (Å²) in [5.41, 5.74) is 0.949. The first-order valence-corrected chi connectivity index (χ1v) is 7.47. The minimum absolute atomic E-state index is 0.0219. The molecule has 0 aromatic heterocycles. The van der Waals surface area contributed by atoms with Crippen LogP contribution >= 0.6 is 0 Å². The summed E-state index contributed by atoms with van der Waals surface area (Å²) in [7, 11) is 0. The number of rotatable bonds is 5. The predicted molar refractivity (Wildman–Crippen MR) is 81.7 cm³/mol. The number of nitrogens with one attached hydrogen (secondary N) is 3. The lowest BCUT2D eigenvalue weighted by atomic mass is 10.0. The third kappa shape index (κ3) is 5.19. The van der Waals surface area contributed by atoms with Gasteiger partial charge in [-0.1, -0.05) is 30.3 Å². The van der Waals surface area contributed by atoms with Crippen LogP contribution in [-0.2, 0) is 9.59 Å². The average molecular weight is 289 g/mol. The van der Waals surface area contributed by atoms with Crippen molar-refractivity contribution in [1.82, 2.24) is 16.0 Å². The number of piperidine rings is 1. The fourth-order valence-electron chi connectivity index (χ4n) is 2.63. The van der Waals surface area contributed by atoms with E-state index in [-0.39, 0.29) is 30.3 Å². The molecule has 2 atom stereocenters. The summed E-state index contributed by atoms with van der Waals surface area (Å²) in [6, 6.07) is 9.51. The molecule has 0 aliphatic carbocycles. The van der Waals surface area contributed by atoms with Crippen molar-refractivity contribution in [2.45, 2.75) is 38.3 Å². The summed E-state index contributed by atoms with van der Waals surface area (Å²) >= 11 is 0. The predicted octanol–water partition coefficient (Wildman–Crippen LogP) is 1.12. The molecule has 1 aliphatic rings. The molecule has 3 N–H and O–H groups in total. The molecule has 0 saturated carbocycles. The highest BCUT2D eigenvalue weighted by Gasteiger charge is 2.20. The topological polar surface area (TPSA) is 70.2 Å². The van der Waals surface area contributed by atoms with Crippen molar-refractivity contribution in [2.75, 3.05) is 13.1 Å².